The third-order valence-corrected chi connectivity index (χ3v) is 3.63. The largest absolute Gasteiger partial charge is 0.462 e. The van der Waals surface area contributed by atoms with Gasteiger partial charge in [0.05, 0.1) is 12.0 Å². The molecule has 2 atom stereocenters. The number of carbonyl (C=O) groups is 2. The first kappa shape index (κ1) is 14.8. The zero-order valence-corrected chi connectivity index (χ0v) is 12.4. The average molecular weight is 314 g/mol. The number of thiocarbonyl (C=S) groups is 1. The molecule has 2 heterocycles. The van der Waals surface area contributed by atoms with Gasteiger partial charge in [0, 0.05) is 6.42 Å². The summed E-state index contributed by atoms with van der Waals surface area (Å²) in [6.07, 6.45) is 1.30. The van der Waals surface area contributed by atoms with Gasteiger partial charge in [-0.25, -0.2) is 0 Å². The molecule has 20 heavy (non-hydrogen) atoms. The van der Waals surface area contributed by atoms with Gasteiger partial charge in [0.2, 0.25) is 11.0 Å². The van der Waals surface area contributed by atoms with Crippen LogP contribution >= 0.6 is 23.6 Å². The topological polar surface area (TPSA) is 93.2 Å². The standard InChI is InChI=1S/C11H14N4O3S2/c1-6-4-7(9(17)18-6)2-3-8(16)13-10(19)14-11-15-12-5-20-11/h5-7H,2-4H2,1H3,(H2,13,14,15,16,19). The van der Waals surface area contributed by atoms with Crippen molar-refractivity contribution in [1.82, 2.24) is 15.5 Å². The molecule has 1 aromatic heterocycles. The van der Waals surface area contributed by atoms with Crippen molar-refractivity contribution in [3.05, 3.63) is 5.51 Å². The Bertz CT molecular complexity index is 506. The van der Waals surface area contributed by atoms with Gasteiger partial charge in [-0.3, -0.25) is 9.59 Å². The Hall–Kier alpha value is -1.61. The van der Waals surface area contributed by atoms with Crippen LogP contribution in [0.15, 0.2) is 5.51 Å². The second-order valence-electron chi connectivity index (χ2n) is 4.46. The van der Waals surface area contributed by atoms with Gasteiger partial charge < -0.3 is 15.4 Å². The predicted molar refractivity (Wildman–Crippen MR) is 77.2 cm³/mol. The summed E-state index contributed by atoms with van der Waals surface area (Å²) in [4.78, 5) is 23.1. The lowest BCUT2D eigenvalue weighted by atomic mass is 9.99. The zero-order valence-electron chi connectivity index (χ0n) is 10.8. The molecule has 9 heteroatoms. The highest BCUT2D eigenvalue weighted by molar-refractivity contribution is 7.80. The van der Waals surface area contributed by atoms with E-state index in [2.05, 4.69) is 20.8 Å². The summed E-state index contributed by atoms with van der Waals surface area (Å²) in [5.41, 5.74) is 1.56. The van der Waals surface area contributed by atoms with Crippen LogP contribution in [-0.2, 0) is 14.3 Å². The Labute approximate surface area is 125 Å². The van der Waals surface area contributed by atoms with Crippen LogP contribution in [0.4, 0.5) is 5.13 Å². The van der Waals surface area contributed by atoms with Crippen molar-refractivity contribution in [2.24, 2.45) is 5.92 Å². The molecule has 0 radical (unpaired) electrons. The van der Waals surface area contributed by atoms with Gasteiger partial charge in [-0.05, 0) is 32.0 Å². The quantitative estimate of drug-likeness (QED) is 0.634. The number of rotatable bonds is 4. The second-order valence-corrected chi connectivity index (χ2v) is 5.71. The van der Waals surface area contributed by atoms with Gasteiger partial charge in [0.15, 0.2) is 5.11 Å². The van der Waals surface area contributed by atoms with Crippen molar-refractivity contribution in [2.75, 3.05) is 5.32 Å². The summed E-state index contributed by atoms with van der Waals surface area (Å²) in [7, 11) is 0. The SMILES string of the molecule is CC1CC(CCC(=O)NC(=S)Nc2nncs2)C(=O)O1. The molecule has 1 fully saturated rings. The number of hydrogen-bond donors (Lipinski definition) is 2. The summed E-state index contributed by atoms with van der Waals surface area (Å²) in [5.74, 6) is -0.653. The molecule has 2 N–H and O–H groups in total. The first-order valence-electron chi connectivity index (χ1n) is 6.12. The third-order valence-electron chi connectivity index (χ3n) is 2.82. The number of aromatic nitrogens is 2. The van der Waals surface area contributed by atoms with Crippen LogP contribution in [0.25, 0.3) is 0 Å². The van der Waals surface area contributed by atoms with E-state index in [4.69, 9.17) is 17.0 Å². The van der Waals surface area contributed by atoms with Gasteiger partial charge in [-0.2, -0.15) is 0 Å². The number of amides is 1. The van der Waals surface area contributed by atoms with Crippen molar-refractivity contribution < 1.29 is 14.3 Å². The number of nitrogens with one attached hydrogen (secondary N) is 2. The zero-order chi connectivity index (χ0) is 14.5. The molecular weight excluding hydrogens is 300 g/mol. The van der Waals surface area contributed by atoms with Gasteiger partial charge >= 0.3 is 5.97 Å². The number of ether oxygens (including phenoxy) is 1. The maximum Gasteiger partial charge on any atom is 0.309 e. The number of anilines is 1. The predicted octanol–water partition coefficient (Wildman–Crippen LogP) is 1.08. The smallest absolute Gasteiger partial charge is 0.309 e. The lowest BCUT2D eigenvalue weighted by molar-refractivity contribution is -0.143. The fourth-order valence-corrected chi connectivity index (χ4v) is 2.65. The minimum Gasteiger partial charge on any atom is -0.462 e. The van der Waals surface area contributed by atoms with Crippen molar-refractivity contribution in [3.63, 3.8) is 0 Å². The lowest BCUT2D eigenvalue weighted by Gasteiger charge is -2.08. The monoisotopic (exact) mass is 314 g/mol. The fraction of sp³-hybridized carbons (Fsp3) is 0.545. The molecule has 0 bridgehead atoms. The molecule has 2 unspecified atom stereocenters. The van der Waals surface area contributed by atoms with Crippen molar-refractivity contribution in [2.45, 2.75) is 32.3 Å². The Morgan fingerprint density at radius 3 is 3.05 bits per heavy atom. The van der Waals surface area contributed by atoms with Crippen LogP contribution < -0.4 is 10.6 Å². The first-order chi connectivity index (χ1) is 9.54. The van der Waals surface area contributed by atoms with Gasteiger partial charge in [0.25, 0.3) is 0 Å². The summed E-state index contributed by atoms with van der Waals surface area (Å²) in [6.45, 7) is 1.85. The average Bonchev–Trinajstić information content (AvgIpc) is 2.96. The van der Waals surface area contributed by atoms with Crippen LogP contribution in [0.2, 0.25) is 0 Å². The van der Waals surface area contributed by atoms with Crippen LogP contribution in [-0.4, -0.2) is 33.3 Å². The Morgan fingerprint density at radius 1 is 1.65 bits per heavy atom. The molecule has 0 aromatic carbocycles. The van der Waals surface area contributed by atoms with E-state index < -0.39 is 0 Å². The Balaban J connectivity index is 1.70. The van der Waals surface area contributed by atoms with Crippen molar-refractivity contribution in [3.8, 4) is 0 Å². The number of cyclic esters (lactones) is 1. The molecule has 1 aromatic rings. The Morgan fingerprint density at radius 2 is 2.45 bits per heavy atom. The molecule has 1 amide bonds. The minimum atomic E-state index is -0.237. The van der Waals surface area contributed by atoms with Crippen molar-refractivity contribution in [1.29, 1.82) is 0 Å². The number of nitrogens with zero attached hydrogens (tertiary/aromatic N) is 2. The number of carbonyl (C=O) groups excluding carboxylic acids is 2. The molecule has 108 valence electrons. The molecule has 1 aliphatic rings. The lowest BCUT2D eigenvalue weighted by Crippen LogP contribution is -2.34. The van der Waals surface area contributed by atoms with E-state index in [-0.39, 0.29) is 35.4 Å². The van der Waals surface area contributed by atoms with E-state index in [0.717, 1.165) is 0 Å². The summed E-state index contributed by atoms with van der Waals surface area (Å²) < 4.78 is 5.03. The number of hydrogen-bond acceptors (Lipinski definition) is 7. The highest BCUT2D eigenvalue weighted by Crippen LogP contribution is 2.24. The van der Waals surface area contributed by atoms with E-state index in [0.29, 0.717) is 18.0 Å². The van der Waals surface area contributed by atoms with Gasteiger partial charge in [-0.15, -0.1) is 10.2 Å². The van der Waals surface area contributed by atoms with E-state index in [9.17, 15) is 9.59 Å². The molecule has 7 nitrogen and oxygen atoms in total. The van der Waals surface area contributed by atoms with Crippen LogP contribution in [0.3, 0.4) is 0 Å². The highest BCUT2D eigenvalue weighted by Gasteiger charge is 2.31. The van der Waals surface area contributed by atoms with E-state index in [1.165, 1.54) is 11.3 Å². The maximum atomic E-state index is 11.7. The fourth-order valence-electron chi connectivity index (χ4n) is 1.93. The number of esters is 1. The highest BCUT2D eigenvalue weighted by atomic mass is 32.1. The van der Waals surface area contributed by atoms with Gasteiger partial charge in [-0.1, -0.05) is 11.3 Å². The second kappa shape index (κ2) is 6.71. The molecule has 1 saturated heterocycles. The van der Waals surface area contributed by atoms with Crippen LogP contribution in [0, 0.1) is 5.92 Å². The maximum absolute atomic E-state index is 11.7. The van der Waals surface area contributed by atoms with Crippen molar-refractivity contribution >= 4 is 45.7 Å². The first-order valence-corrected chi connectivity index (χ1v) is 7.41. The Kier molecular flexibility index (Phi) is 4.96. The van der Waals surface area contributed by atoms with Crippen LogP contribution in [0.1, 0.15) is 26.2 Å². The minimum absolute atomic E-state index is 0.0595. The summed E-state index contributed by atoms with van der Waals surface area (Å²) >= 11 is 6.25. The molecule has 0 saturated carbocycles. The third kappa shape index (κ3) is 4.20. The van der Waals surface area contributed by atoms with Crippen LogP contribution in [0.5, 0.6) is 0 Å². The summed E-state index contributed by atoms with van der Waals surface area (Å²) in [5, 5.41) is 13.4. The summed E-state index contributed by atoms with van der Waals surface area (Å²) in [6, 6.07) is 0. The molecule has 0 spiro atoms. The normalized spacial score (nSPS) is 21.4. The molecular formula is C11H14N4O3S2. The van der Waals surface area contributed by atoms with Gasteiger partial charge in [0.1, 0.15) is 5.51 Å². The molecule has 2 rings (SSSR count). The van der Waals surface area contributed by atoms with E-state index in [1.807, 2.05) is 6.92 Å². The van der Waals surface area contributed by atoms with E-state index >= 15 is 0 Å². The molecule has 1 aliphatic heterocycles. The van der Waals surface area contributed by atoms with E-state index in [1.54, 1.807) is 5.51 Å². The molecule has 0 aliphatic carbocycles.